The number of nitrogens with one attached hydrogen (secondary N) is 1. The number of hydrogen-bond donors (Lipinski definition) is 1. The van der Waals surface area contributed by atoms with E-state index in [-0.39, 0.29) is 31.7 Å². The Balaban J connectivity index is 1.29. The van der Waals surface area contributed by atoms with Crippen molar-refractivity contribution < 1.29 is 23.9 Å². The monoisotopic (exact) mass is 449 g/mol. The summed E-state index contributed by atoms with van der Waals surface area (Å²) in [6, 6.07) is 13.0. The summed E-state index contributed by atoms with van der Waals surface area (Å²) in [7, 11) is 1.75. The fraction of sp³-hybridized carbons (Fsp3) is 0.400. The van der Waals surface area contributed by atoms with Gasteiger partial charge in [0.15, 0.2) is 11.5 Å². The van der Waals surface area contributed by atoms with Crippen LogP contribution in [0.4, 0.5) is 4.79 Å². The largest absolute Gasteiger partial charge is 0.454 e. The molecule has 1 aliphatic carbocycles. The number of imide groups is 1. The van der Waals surface area contributed by atoms with Gasteiger partial charge in [0, 0.05) is 13.5 Å². The highest BCUT2D eigenvalue weighted by molar-refractivity contribution is 6.09. The van der Waals surface area contributed by atoms with E-state index in [1.807, 2.05) is 24.3 Å². The summed E-state index contributed by atoms with van der Waals surface area (Å²) in [6.45, 7) is 1.57. The molecule has 0 aromatic heterocycles. The highest BCUT2D eigenvalue weighted by Gasteiger charge is 2.48. The zero-order valence-corrected chi connectivity index (χ0v) is 18.8. The molecule has 2 aromatic carbocycles. The Morgan fingerprint density at radius 1 is 1.18 bits per heavy atom. The number of likely N-dealkylation sites (N-methyl/N-ethyl adjacent to an activating group) is 1. The first-order chi connectivity index (χ1) is 15.9. The highest BCUT2D eigenvalue weighted by atomic mass is 16.7. The van der Waals surface area contributed by atoms with Crippen molar-refractivity contribution in [1.82, 2.24) is 15.1 Å². The third kappa shape index (κ3) is 3.79. The van der Waals surface area contributed by atoms with Gasteiger partial charge in [-0.3, -0.25) is 14.5 Å². The lowest BCUT2D eigenvalue weighted by atomic mass is 9.87. The predicted molar refractivity (Wildman–Crippen MR) is 120 cm³/mol. The van der Waals surface area contributed by atoms with Gasteiger partial charge in [0.2, 0.25) is 12.7 Å². The molecule has 1 N–H and O–H groups in total. The van der Waals surface area contributed by atoms with Crippen LogP contribution in [0, 0.1) is 0 Å². The lowest BCUT2D eigenvalue weighted by molar-refractivity contribution is -0.139. The van der Waals surface area contributed by atoms with Crippen LogP contribution >= 0.6 is 0 Å². The lowest BCUT2D eigenvalue weighted by Crippen LogP contribution is -2.47. The molecule has 1 fully saturated rings. The fourth-order valence-corrected chi connectivity index (χ4v) is 5.02. The molecular formula is C25H27N3O5. The molecule has 0 bridgehead atoms. The first-order valence-electron chi connectivity index (χ1n) is 11.2. The molecule has 33 heavy (non-hydrogen) atoms. The van der Waals surface area contributed by atoms with Gasteiger partial charge in [0.05, 0.1) is 6.04 Å². The Bertz CT molecular complexity index is 1130. The minimum atomic E-state index is -1.14. The van der Waals surface area contributed by atoms with E-state index in [0.717, 1.165) is 35.3 Å². The van der Waals surface area contributed by atoms with Crippen LogP contribution in [0.15, 0.2) is 42.5 Å². The van der Waals surface area contributed by atoms with E-state index in [0.29, 0.717) is 11.5 Å². The van der Waals surface area contributed by atoms with Crippen LogP contribution in [0.25, 0.3) is 0 Å². The minimum absolute atomic E-state index is 0.0526. The van der Waals surface area contributed by atoms with Crippen LogP contribution in [-0.2, 0) is 22.4 Å². The van der Waals surface area contributed by atoms with Crippen molar-refractivity contribution in [2.75, 3.05) is 20.4 Å². The van der Waals surface area contributed by atoms with Crippen molar-refractivity contribution >= 4 is 17.8 Å². The summed E-state index contributed by atoms with van der Waals surface area (Å²) in [6.07, 6.45) is 3.14. The zero-order chi connectivity index (χ0) is 23.2. The van der Waals surface area contributed by atoms with Gasteiger partial charge in [0.1, 0.15) is 12.1 Å². The summed E-state index contributed by atoms with van der Waals surface area (Å²) in [5.74, 6) is 0.614. The van der Waals surface area contributed by atoms with Crippen molar-refractivity contribution in [2.45, 2.75) is 44.2 Å². The molecule has 8 heteroatoms. The molecule has 3 aliphatic rings. The smallest absolute Gasteiger partial charge is 0.325 e. The maximum absolute atomic E-state index is 13.2. The lowest BCUT2D eigenvalue weighted by Gasteiger charge is -2.34. The molecule has 0 radical (unpaired) electrons. The second-order valence-corrected chi connectivity index (χ2v) is 9.13. The molecule has 2 aromatic rings. The third-order valence-electron chi connectivity index (χ3n) is 6.83. The summed E-state index contributed by atoms with van der Waals surface area (Å²) in [5.41, 5.74) is 2.09. The highest BCUT2D eigenvalue weighted by Crippen LogP contribution is 2.35. The van der Waals surface area contributed by atoms with Crippen LogP contribution in [-0.4, -0.2) is 53.6 Å². The second kappa shape index (κ2) is 8.10. The number of ether oxygens (including phenoxy) is 2. The predicted octanol–water partition coefficient (Wildman–Crippen LogP) is 2.80. The molecule has 4 amide bonds. The maximum Gasteiger partial charge on any atom is 0.325 e. The number of rotatable bonds is 5. The van der Waals surface area contributed by atoms with E-state index in [9.17, 15) is 14.4 Å². The van der Waals surface area contributed by atoms with Crippen molar-refractivity contribution in [3.8, 4) is 11.5 Å². The number of benzene rings is 2. The fourth-order valence-electron chi connectivity index (χ4n) is 5.02. The SMILES string of the molecule is CN(C(=O)CN1C(=O)NC(C)(Cc2ccc3c(c2)OCO3)C1=O)C1CCCc2ccccc21. The maximum atomic E-state index is 13.2. The minimum Gasteiger partial charge on any atom is -0.454 e. The number of amides is 4. The summed E-state index contributed by atoms with van der Waals surface area (Å²) in [4.78, 5) is 41.7. The van der Waals surface area contributed by atoms with Gasteiger partial charge in [-0.1, -0.05) is 30.3 Å². The molecular weight excluding hydrogens is 422 g/mol. The van der Waals surface area contributed by atoms with Gasteiger partial charge in [-0.2, -0.15) is 0 Å². The Kier molecular flexibility index (Phi) is 5.23. The zero-order valence-electron chi connectivity index (χ0n) is 18.8. The first-order valence-corrected chi connectivity index (χ1v) is 11.2. The van der Waals surface area contributed by atoms with Gasteiger partial charge < -0.3 is 19.7 Å². The topological polar surface area (TPSA) is 88.2 Å². The number of hydrogen-bond acceptors (Lipinski definition) is 5. The Labute approximate surface area is 192 Å². The second-order valence-electron chi connectivity index (χ2n) is 9.13. The summed E-state index contributed by atoms with van der Waals surface area (Å²) < 4.78 is 10.7. The number of nitrogens with zero attached hydrogens (tertiary/aromatic N) is 2. The van der Waals surface area contributed by atoms with E-state index >= 15 is 0 Å². The quantitative estimate of drug-likeness (QED) is 0.710. The molecule has 2 unspecified atom stereocenters. The van der Waals surface area contributed by atoms with Crippen molar-refractivity contribution in [1.29, 1.82) is 0 Å². The molecule has 2 atom stereocenters. The Hall–Kier alpha value is -3.55. The van der Waals surface area contributed by atoms with E-state index in [2.05, 4.69) is 17.4 Å². The van der Waals surface area contributed by atoms with Gasteiger partial charge in [-0.25, -0.2) is 4.79 Å². The summed E-state index contributed by atoms with van der Waals surface area (Å²) in [5, 5.41) is 2.78. The number of fused-ring (bicyclic) bond motifs is 2. The standard InChI is InChI=1S/C25H27N3O5/c1-25(13-16-10-11-20-21(12-16)33-15-32-20)23(30)28(24(31)26-25)14-22(29)27(2)19-9-5-7-17-6-3-4-8-18(17)19/h3-4,6,8,10-12,19H,5,7,9,13-15H2,1-2H3,(H,26,31). The molecule has 0 spiro atoms. The van der Waals surface area contributed by atoms with Crippen LogP contribution in [0.5, 0.6) is 11.5 Å². The normalized spacial score (nSPS) is 23.3. The van der Waals surface area contributed by atoms with Gasteiger partial charge in [0.25, 0.3) is 5.91 Å². The van der Waals surface area contributed by atoms with Crippen LogP contribution in [0.2, 0.25) is 0 Å². The molecule has 2 aliphatic heterocycles. The van der Waals surface area contributed by atoms with E-state index in [4.69, 9.17) is 9.47 Å². The number of carbonyl (C=O) groups excluding carboxylic acids is 3. The molecule has 172 valence electrons. The number of carbonyl (C=O) groups is 3. The average Bonchev–Trinajstić information content (AvgIpc) is 3.36. The number of urea groups is 1. The molecule has 1 saturated heterocycles. The Morgan fingerprint density at radius 2 is 1.97 bits per heavy atom. The molecule has 8 nitrogen and oxygen atoms in total. The van der Waals surface area contributed by atoms with Crippen molar-refractivity contribution in [2.24, 2.45) is 0 Å². The average molecular weight is 450 g/mol. The molecule has 2 heterocycles. The van der Waals surface area contributed by atoms with Gasteiger partial charge in [-0.05, 0) is 55.0 Å². The summed E-state index contributed by atoms with van der Waals surface area (Å²) >= 11 is 0. The number of aryl methyl sites for hydroxylation is 1. The van der Waals surface area contributed by atoms with Gasteiger partial charge in [-0.15, -0.1) is 0 Å². The van der Waals surface area contributed by atoms with E-state index in [1.54, 1.807) is 24.9 Å². The molecule has 0 saturated carbocycles. The van der Waals surface area contributed by atoms with Crippen LogP contribution < -0.4 is 14.8 Å². The van der Waals surface area contributed by atoms with Gasteiger partial charge >= 0.3 is 6.03 Å². The van der Waals surface area contributed by atoms with E-state index in [1.165, 1.54) is 5.56 Å². The first kappa shape index (κ1) is 21.3. The third-order valence-corrected chi connectivity index (χ3v) is 6.83. The molecule has 5 rings (SSSR count). The van der Waals surface area contributed by atoms with Crippen LogP contribution in [0.3, 0.4) is 0 Å². The van der Waals surface area contributed by atoms with Crippen LogP contribution in [0.1, 0.15) is 42.5 Å². The van der Waals surface area contributed by atoms with Crippen molar-refractivity contribution in [3.05, 3.63) is 59.2 Å². The van der Waals surface area contributed by atoms with Crippen molar-refractivity contribution in [3.63, 3.8) is 0 Å². The van der Waals surface area contributed by atoms with E-state index < -0.39 is 17.5 Å². The Morgan fingerprint density at radius 3 is 2.82 bits per heavy atom.